The van der Waals surface area contributed by atoms with E-state index in [1.807, 2.05) is 41.7 Å². The Morgan fingerprint density at radius 3 is 1.86 bits per heavy atom. The first kappa shape index (κ1) is 28.5. The highest BCUT2D eigenvalue weighted by atomic mass is 32.2. The second kappa shape index (κ2) is 13.5. The van der Waals surface area contributed by atoms with Crippen molar-refractivity contribution in [2.75, 3.05) is 18.1 Å². The largest absolute Gasteiger partial charge is 0.405 e. The van der Waals surface area contributed by atoms with Crippen molar-refractivity contribution in [1.29, 1.82) is 0 Å². The Hall–Kier alpha value is -1.54. The molecule has 1 saturated heterocycles. The highest BCUT2D eigenvalue weighted by molar-refractivity contribution is 8.17. The molecule has 0 radical (unpaired) electrons. The first-order valence-corrected chi connectivity index (χ1v) is 17.2. The molecule has 37 heavy (non-hydrogen) atoms. The number of rotatable bonds is 11. The summed E-state index contributed by atoms with van der Waals surface area (Å²) in [5.74, 6) is 2.36. The standard InChI is InChI=1S/C31H40O3S2Si/c1-31(2,3)37(26-16-9-5-10-17-26,27-18-11-6-12-19-27)34-24-28(32)29(22-30-35-20-13-21-36-30)33-23-25-14-7-4-8-15-25/h4-12,14-19,28-30,32H,13,20-24H2,1-3H3/t28-,29-/m0/s1. The van der Waals surface area contributed by atoms with Crippen LogP contribution >= 0.6 is 23.5 Å². The van der Waals surface area contributed by atoms with E-state index in [0.717, 1.165) is 12.0 Å². The first-order valence-electron chi connectivity index (χ1n) is 13.2. The maximum absolute atomic E-state index is 11.6. The van der Waals surface area contributed by atoms with Gasteiger partial charge in [-0.1, -0.05) is 112 Å². The van der Waals surface area contributed by atoms with Crippen LogP contribution in [0.2, 0.25) is 5.04 Å². The second-order valence-electron chi connectivity index (χ2n) is 10.6. The van der Waals surface area contributed by atoms with Gasteiger partial charge in [0.25, 0.3) is 8.32 Å². The van der Waals surface area contributed by atoms with Crippen LogP contribution in [0.4, 0.5) is 0 Å². The van der Waals surface area contributed by atoms with Crippen molar-refractivity contribution < 1.29 is 14.3 Å². The fourth-order valence-corrected chi connectivity index (χ4v) is 12.6. The summed E-state index contributed by atoms with van der Waals surface area (Å²) in [5.41, 5.74) is 1.12. The molecule has 0 bridgehead atoms. The minimum atomic E-state index is -2.72. The third-order valence-corrected chi connectivity index (χ3v) is 14.9. The number of aliphatic hydroxyl groups excluding tert-OH is 1. The van der Waals surface area contributed by atoms with E-state index in [1.165, 1.54) is 28.3 Å². The molecule has 198 valence electrons. The quantitative estimate of drug-likeness (QED) is 0.291. The van der Waals surface area contributed by atoms with Crippen molar-refractivity contribution in [2.24, 2.45) is 0 Å². The molecule has 4 rings (SSSR count). The van der Waals surface area contributed by atoms with E-state index in [9.17, 15) is 5.11 Å². The third kappa shape index (κ3) is 7.31. The Morgan fingerprint density at radius 1 is 0.838 bits per heavy atom. The van der Waals surface area contributed by atoms with Crippen LogP contribution in [-0.2, 0) is 15.8 Å². The molecule has 0 saturated carbocycles. The van der Waals surface area contributed by atoms with Gasteiger partial charge in [0.2, 0.25) is 0 Å². The lowest BCUT2D eigenvalue weighted by Crippen LogP contribution is -2.67. The van der Waals surface area contributed by atoms with Crippen LogP contribution in [0.5, 0.6) is 0 Å². The molecule has 2 atom stereocenters. The van der Waals surface area contributed by atoms with Gasteiger partial charge in [-0.2, -0.15) is 0 Å². The predicted molar refractivity (Wildman–Crippen MR) is 163 cm³/mol. The Morgan fingerprint density at radius 2 is 1.35 bits per heavy atom. The molecule has 0 aliphatic carbocycles. The van der Waals surface area contributed by atoms with E-state index >= 15 is 0 Å². The van der Waals surface area contributed by atoms with Gasteiger partial charge < -0.3 is 14.3 Å². The maximum atomic E-state index is 11.6. The second-order valence-corrected chi connectivity index (χ2v) is 17.9. The van der Waals surface area contributed by atoms with Crippen molar-refractivity contribution in [3.8, 4) is 0 Å². The van der Waals surface area contributed by atoms with Crippen LogP contribution in [-0.4, -0.2) is 48.3 Å². The zero-order valence-corrected chi connectivity index (χ0v) is 24.8. The van der Waals surface area contributed by atoms with Crippen LogP contribution in [0.1, 0.15) is 39.2 Å². The van der Waals surface area contributed by atoms with E-state index in [1.54, 1.807) is 0 Å². The van der Waals surface area contributed by atoms with Crippen molar-refractivity contribution in [1.82, 2.24) is 0 Å². The SMILES string of the molecule is CC(C)(C)[Si](OC[C@H](O)[C@H](CC1SCCCS1)OCc1ccccc1)(c1ccccc1)c1ccccc1. The fraction of sp³-hybridized carbons (Fsp3) is 0.419. The number of aliphatic hydroxyl groups is 1. The van der Waals surface area contributed by atoms with E-state index in [0.29, 0.717) is 11.2 Å². The molecule has 1 aliphatic rings. The monoisotopic (exact) mass is 552 g/mol. The Bertz CT molecular complexity index is 1010. The van der Waals surface area contributed by atoms with Crippen LogP contribution in [0.15, 0.2) is 91.0 Å². The zero-order valence-electron chi connectivity index (χ0n) is 22.2. The summed E-state index contributed by atoms with van der Waals surface area (Å²) >= 11 is 3.98. The van der Waals surface area contributed by atoms with Crippen LogP contribution in [0, 0.1) is 0 Å². The highest BCUT2D eigenvalue weighted by Gasteiger charge is 2.50. The highest BCUT2D eigenvalue weighted by Crippen LogP contribution is 2.38. The predicted octanol–water partition coefficient (Wildman–Crippen LogP) is 6.10. The summed E-state index contributed by atoms with van der Waals surface area (Å²) in [4.78, 5) is 0. The summed E-state index contributed by atoms with van der Waals surface area (Å²) in [7, 11) is -2.72. The van der Waals surface area contributed by atoms with Gasteiger partial charge >= 0.3 is 0 Å². The Balaban J connectivity index is 1.58. The zero-order chi connectivity index (χ0) is 26.1. The van der Waals surface area contributed by atoms with E-state index in [4.69, 9.17) is 9.16 Å². The van der Waals surface area contributed by atoms with Gasteiger partial charge in [-0.3, -0.25) is 0 Å². The number of thioether (sulfide) groups is 2. The molecule has 0 amide bonds. The van der Waals surface area contributed by atoms with Gasteiger partial charge in [0.15, 0.2) is 0 Å². The van der Waals surface area contributed by atoms with Crippen LogP contribution < -0.4 is 10.4 Å². The number of hydrogen-bond donors (Lipinski definition) is 1. The van der Waals surface area contributed by atoms with Gasteiger partial charge in [0.1, 0.15) is 6.10 Å². The molecular formula is C31H40O3S2Si. The summed E-state index contributed by atoms with van der Waals surface area (Å²) in [5, 5.41) is 13.9. The van der Waals surface area contributed by atoms with Crippen LogP contribution in [0.25, 0.3) is 0 Å². The van der Waals surface area contributed by atoms with Gasteiger partial charge in [-0.25, -0.2) is 0 Å². The van der Waals surface area contributed by atoms with Gasteiger partial charge in [-0.15, -0.1) is 23.5 Å². The normalized spacial score (nSPS) is 16.9. The Labute approximate surface area is 232 Å². The minimum Gasteiger partial charge on any atom is -0.405 e. The van der Waals surface area contributed by atoms with E-state index in [-0.39, 0.29) is 17.7 Å². The molecule has 3 nitrogen and oxygen atoms in total. The molecule has 1 fully saturated rings. The molecule has 6 heteroatoms. The maximum Gasteiger partial charge on any atom is 0.261 e. The average Bonchev–Trinajstić information content (AvgIpc) is 2.93. The van der Waals surface area contributed by atoms with Crippen molar-refractivity contribution >= 4 is 42.2 Å². The lowest BCUT2D eigenvalue weighted by atomic mass is 10.1. The fourth-order valence-electron chi connectivity index (χ4n) is 5.06. The number of hydrogen-bond acceptors (Lipinski definition) is 5. The molecule has 0 unspecified atom stereocenters. The smallest absolute Gasteiger partial charge is 0.261 e. The molecule has 0 aromatic heterocycles. The van der Waals surface area contributed by atoms with E-state index in [2.05, 4.69) is 93.6 Å². The molecule has 1 N–H and O–H groups in total. The lowest BCUT2D eigenvalue weighted by Gasteiger charge is -2.43. The summed E-state index contributed by atoms with van der Waals surface area (Å²) < 4.78 is 13.9. The molecule has 1 aliphatic heterocycles. The summed E-state index contributed by atoms with van der Waals surface area (Å²) in [6.45, 7) is 7.54. The molecule has 3 aromatic carbocycles. The van der Waals surface area contributed by atoms with Crippen molar-refractivity contribution in [2.45, 2.75) is 62.0 Å². The molecule has 0 spiro atoms. The van der Waals surface area contributed by atoms with Gasteiger partial charge in [0, 0.05) is 0 Å². The van der Waals surface area contributed by atoms with E-state index < -0.39 is 14.4 Å². The molecule has 3 aromatic rings. The van der Waals surface area contributed by atoms with Crippen LogP contribution in [0.3, 0.4) is 0 Å². The van der Waals surface area contributed by atoms with Gasteiger partial charge in [0.05, 0.1) is 23.9 Å². The average molecular weight is 553 g/mol. The number of benzene rings is 3. The number of ether oxygens (including phenoxy) is 1. The third-order valence-electron chi connectivity index (χ3n) is 6.94. The lowest BCUT2D eigenvalue weighted by molar-refractivity contribution is -0.0638. The van der Waals surface area contributed by atoms with Crippen molar-refractivity contribution in [3.63, 3.8) is 0 Å². The summed E-state index contributed by atoms with van der Waals surface area (Å²) in [6, 6.07) is 31.5. The topological polar surface area (TPSA) is 38.7 Å². The molecule has 1 heterocycles. The molecular weight excluding hydrogens is 513 g/mol. The minimum absolute atomic E-state index is 0.134. The first-order chi connectivity index (χ1) is 17.9. The van der Waals surface area contributed by atoms with Gasteiger partial charge in [-0.05, 0) is 45.3 Å². The summed E-state index contributed by atoms with van der Waals surface area (Å²) in [6.07, 6.45) is 1.06. The Kier molecular flexibility index (Phi) is 10.4. The van der Waals surface area contributed by atoms with Crippen molar-refractivity contribution in [3.05, 3.63) is 96.6 Å².